The van der Waals surface area contributed by atoms with Crippen LogP contribution in [0.4, 0.5) is 19.7 Å². The van der Waals surface area contributed by atoms with Gasteiger partial charge in [-0.05, 0) is 54.7 Å². The fraction of sp³-hybridized carbons (Fsp3) is 0.407. The number of carbonyl (C=O) groups is 4. The van der Waals surface area contributed by atoms with Gasteiger partial charge in [0.05, 0.1) is 0 Å². The van der Waals surface area contributed by atoms with Gasteiger partial charge in [-0.15, -0.1) is 0 Å². The minimum atomic E-state index is -1.46. The molecule has 2 aliphatic carbocycles. The van der Waals surface area contributed by atoms with E-state index in [2.05, 4.69) is 10.6 Å². The van der Waals surface area contributed by atoms with Crippen LogP contribution >= 0.6 is 0 Å². The summed E-state index contributed by atoms with van der Waals surface area (Å²) in [6.07, 6.45) is 3.59. The van der Waals surface area contributed by atoms with E-state index < -0.39 is 24.1 Å². The highest BCUT2D eigenvalue weighted by atomic mass is 19.1. The van der Waals surface area contributed by atoms with E-state index >= 15 is 0 Å². The second-order valence-corrected chi connectivity index (χ2v) is 9.75. The van der Waals surface area contributed by atoms with E-state index in [4.69, 9.17) is 4.74 Å². The molecule has 2 aromatic carbocycles. The minimum absolute atomic E-state index is 0.00122. The van der Waals surface area contributed by atoms with Crippen molar-refractivity contribution in [2.24, 2.45) is 0 Å². The third-order valence-electron chi connectivity index (χ3n) is 7.49. The first-order chi connectivity index (χ1) is 17.8. The van der Waals surface area contributed by atoms with E-state index in [1.807, 2.05) is 0 Å². The van der Waals surface area contributed by atoms with Gasteiger partial charge in [0.15, 0.2) is 0 Å². The number of hydrogen-bond acceptors (Lipinski definition) is 5. The fourth-order valence-electron chi connectivity index (χ4n) is 5.57. The average molecular weight is 509 g/mol. The summed E-state index contributed by atoms with van der Waals surface area (Å²) in [5, 5.41) is 5.17. The van der Waals surface area contributed by atoms with E-state index in [0.717, 1.165) is 41.7 Å². The van der Waals surface area contributed by atoms with Gasteiger partial charge in [0, 0.05) is 37.3 Å². The quantitative estimate of drug-likeness (QED) is 0.619. The first kappa shape index (κ1) is 24.7. The van der Waals surface area contributed by atoms with Gasteiger partial charge in [-0.25, -0.2) is 18.9 Å². The van der Waals surface area contributed by atoms with Gasteiger partial charge in [0.2, 0.25) is 11.5 Å². The Kier molecular flexibility index (Phi) is 6.57. The zero-order valence-corrected chi connectivity index (χ0v) is 20.6. The molecule has 0 unspecified atom stereocenters. The van der Waals surface area contributed by atoms with Crippen LogP contribution in [-0.4, -0.2) is 53.4 Å². The summed E-state index contributed by atoms with van der Waals surface area (Å²) in [7, 11) is 1.51. The molecule has 2 N–H and O–H groups in total. The molecule has 2 fully saturated rings. The standard InChI is InChI=1S/C27H29FN4O5/c1-29-25(35)30-20-10-11-22-18(14-20)12-13-27(22)24(34)32(26(36)37-27)16-23(33)31(21-4-2-3-5-21)15-17-6-8-19(28)9-7-17/h6-11,14,21H,2-5,12-13,15-16H2,1H3,(H2,29,30,35)/t27-/m1/s1. The van der Waals surface area contributed by atoms with Crippen molar-refractivity contribution in [3.05, 3.63) is 65.0 Å². The number of imide groups is 1. The zero-order valence-electron chi connectivity index (χ0n) is 20.6. The number of urea groups is 1. The molecule has 5 amide bonds. The maximum atomic E-state index is 13.6. The number of carbonyl (C=O) groups excluding carboxylic acids is 4. The number of ether oxygens (including phenoxy) is 1. The smallest absolute Gasteiger partial charge is 0.418 e. The highest BCUT2D eigenvalue weighted by Gasteiger charge is 2.58. The van der Waals surface area contributed by atoms with E-state index in [0.29, 0.717) is 17.7 Å². The summed E-state index contributed by atoms with van der Waals surface area (Å²) in [5.74, 6) is -1.25. The molecule has 1 atom stereocenters. The van der Waals surface area contributed by atoms with Crippen LogP contribution in [0.25, 0.3) is 0 Å². The number of nitrogens with one attached hydrogen (secondary N) is 2. The van der Waals surface area contributed by atoms with Crippen molar-refractivity contribution in [1.29, 1.82) is 0 Å². The lowest BCUT2D eigenvalue weighted by Gasteiger charge is -2.30. The van der Waals surface area contributed by atoms with Gasteiger partial charge in [-0.3, -0.25) is 9.59 Å². The molecule has 1 saturated heterocycles. The zero-order chi connectivity index (χ0) is 26.2. The second-order valence-electron chi connectivity index (χ2n) is 9.75. The third-order valence-corrected chi connectivity index (χ3v) is 7.49. The van der Waals surface area contributed by atoms with Gasteiger partial charge < -0.3 is 20.3 Å². The van der Waals surface area contributed by atoms with E-state index in [9.17, 15) is 23.6 Å². The lowest BCUT2D eigenvalue weighted by Crippen LogP contribution is -2.47. The number of halogens is 1. The predicted molar refractivity (Wildman–Crippen MR) is 132 cm³/mol. The molecule has 2 aromatic rings. The molecule has 9 nitrogen and oxygen atoms in total. The lowest BCUT2D eigenvalue weighted by atomic mass is 9.94. The molecule has 10 heteroatoms. The fourth-order valence-corrected chi connectivity index (χ4v) is 5.57. The number of hydrogen-bond donors (Lipinski definition) is 2. The van der Waals surface area contributed by atoms with Crippen LogP contribution in [0.2, 0.25) is 0 Å². The Hall–Kier alpha value is -3.95. The first-order valence-electron chi connectivity index (χ1n) is 12.5. The molecule has 194 valence electrons. The molecule has 37 heavy (non-hydrogen) atoms. The monoisotopic (exact) mass is 508 g/mol. The van der Waals surface area contributed by atoms with Crippen LogP contribution in [0.5, 0.6) is 0 Å². The summed E-state index contributed by atoms with van der Waals surface area (Å²) in [5.41, 5.74) is 1.24. The first-order valence-corrected chi connectivity index (χ1v) is 12.5. The number of benzene rings is 2. The summed E-state index contributed by atoms with van der Waals surface area (Å²) >= 11 is 0. The molecular formula is C27H29FN4O5. The van der Waals surface area contributed by atoms with E-state index in [1.165, 1.54) is 19.2 Å². The van der Waals surface area contributed by atoms with Crippen molar-refractivity contribution < 1.29 is 28.3 Å². The summed E-state index contributed by atoms with van der Waals surface area (Å²) in [4.78, 5) is 54.2. The maximum absolute atomic E-state index is 13.6. The van der Waals surface area contributed by atoms with Gasteiger partial charge in [0.1, 0.15) is 12.4 Å². The van der Waals surface area contributed by atoms with Crippen LogP contribution in [0, 0.1) is 5.82 Å². The van der Waals surface area contributed by atoms with Gasteiger partial charge in [0.25, 0.3) is 5.91 Å². The Morgan fingerprint density at radius 2 is 1.86 bits per heavy atom. The van der Waals surface area contributed by atoms with Crippen molar-refractivity contribution in [1.82, 2.24) is 15.1 Å². The van der Waals surface area contributed by atoms with Crippen LogP contribution in [0.1, 0.15) is 48.8 Å². The van der Waals surface area contributed by atoms with Crippen LogP contribution in [0.15, 0.2) is 42.5 Å². The van der Waals surface area contributed by atoms with Crippen molar-refractivity contribution in [2.45, 2.75) is 56.7 Å². The number of fused-ring (bicyclic) bond motifs is 2. The molecule has 5 rings (SSSR count). The third kappa shape index (κ3) is 4.63. The highest BCUT2D eigenvalue weighted by Crippen LogP contribution is 2.46. The molecule has 0 bridgehead atoms. The molecule has 1 aliphatic heterocycles. The molecule has 1 spiro atoms. The van der Waals surface area contributed by atoms with Crippen molar-refractivity contribution in [3.63, 3.8) is 0 Å². The second kappa shape index (κ2) is 9.84. The molecular weight excluding hydrogens is 479 g/mol. The van der Waals surface area contributed by atoms with Gasteiger partial charge in [-0.1, -0.05) is 31.0 Å². The Morgan fingerprint density at radius 3 is 2.57 bits per heavy atom. The summed E-state index contributed by atoms with van der Waals surface area (Å²) in [6.45, 7) is -0.140. The van der Waals surface area contributed by atoms with E-state index in [1.54, 1.807) is 35.2 Å². The average Bonchev–Trinajstić information content (AvgIpc) is 3.60. The number of aryl methyl sites for hydroxylation is 1. The van der Waals surface area contributed by atoms with Crippen molar-refractivity contribution in [3.8, 4) is 0 Å². The number of nitrogens with zero attached hydrogens (tertiary/aromatic N) is 2. The summed E-state index contributed by atoms with van der Waals surface area (Å²) < 4.78 is 19.1. The number of amides is 5. The van der Waals surface area contributed by atoms with Gasteiger partial charge in [-0.2, -0.15) is 0 Å². The van der Waals surface area contributed by atoms with Crippen molar-refractivity contribution in [2.75, 3.05) is 18.9 Å². The van der Waals surface area contributed by atoms with E-state index in [-0.39, 0.29) is 36.8 Å². The molecule has 1 saturated carbocycles. The van der Waals surface area contributed by atoms with Crippen molar-refractivity contribution >= 4 is 29.6 Å². The van der Waals surface area contributed by atoms with Crippen LogP contribution in [0.3, 0.4) is 0 Å². The molecule has 0 aromatic heterocycles. The number of rotatable bonds is 6. The maximum Gasteiger partial charge on any atom is 0.418 e. The summed E-state index contributed by atoms with van der Waals surface area (Å²) in [6, 6.07) is 10.7. The molecule has 3 aliphatic rings. The predicted octanol–water partition coefficient (Wildman–Crippen LogP) is 3.67. The Morgan fingerprint density at radius 1 is 1.14 bits per heavy atom. The topological polar surface area (TPSA) is 108 Å². The Labute approximate surface area is 213 Å². The van der Waals surface area contributed by atoms with Crippen LogP contribution < -0.4 is 10.6 Å². The highest BCUT2D eigenvalue weighted by molar-refractivity contribution is 6.06. The minimum Gasteiger partial charge on any atom is -0.427 e. The molecule has 1 heterocycles. The van der Waals surface area contributed by atoms with Gasteiger partial charge >= 0.3 is 12.1 Å². The Bertz CT molecular complexity index is 1240. The molecule has 0 radical (unpaired) electrons. The largest absolute Gasteiger partial charge is 0.427 e. The Balaban J connectivity index is 1.34. The SMILES string of the molecule is CNC(=O)Nc1ccc2c(c1)CC[C@@]21OC(=O)N(CC(=O)N(Cc2ccc(F)cc2)C2CCCC2)C1=O. The van der Waals surface area contributed by atoms with Crippen LogP contribution in [-0.2, 0) is 32.9 Å². The lowest BCUT2D eigenvalue weighted by molar-refractivity contribution is -0.143. The number of anilines is 1. The normalized spacial score (nSPS) is 20.8.